The van der Waals surface area contributed by atoms with Gasteiger partial charge < -0.3 is 10.4 Å². The molecule has 2 N–H and O–H groups in total. The number of aliphatic hydroxyl groups excluding tert-OH is 1. The molecule has 0 aromatic heterocycles. The minimum atomic E-state index is -0.222. The normalized spacial score (nSPS) is 28.1. The van der Waals surface area contributed by atoms with Gasteiger partial charge >= 0.3 is 0 Å². The molecule has 3 atom stereocenters. The Labute approximate surface area is 126 Å². The van der Waals surface area contributed by atoms with E-state index in [-0.39, 0.29) is 17.9 Å². The summed E-state index contributed by atoms with van der Waals surface area (Å²) in [5.74, 6) is 0.756. The van der Waals surface area contributed by atoms with Gasteiger partial charge in [0.15, 0.2) is 0 Å². The molecule has 0 radical (unpaired) electrons. The van der Waals surface area contributed by atoms with E-state index < -0.39 is 0 Å². The van der Waals surface area contributed by atoms with Crippen LogP contribution < -0.4 is 5.32 Å². The fourth-order valence-corrected chi connectivity index (χ4v) is 3.86. The predicted molar refractivity (Wildman–Crippen MR) is 83.1 cm³/mol. The summed E-state index contributed by atoms with van der Waals surface area (Å²) in [4.78, 5) is 12.2. The molecule has 3 rings (SSSR count). The van der Waals surface area contributed by atoms with Crippen molar-refractivity contribution >= 4 is 5.91 Å². The monoisotopic (exact) mass is 287 g/mol. The molecule has 1 saturated carbocycles. The van der Waals surface area contributed by atoms with Crippen molar-refractivity contribution in [3.8, 4) is 0 Å². The Hall–Kier alpha value is -1.35. The van der Waals surface area contributed by atoms with Crippen LogP contribution in [0.4, 0.5) is 0 Å². The van der Waals surface area contributed by atoms with Gasteiger partial charge in [0.05, 0.1) is 6.10 Å². The molecule has 0 spiro atoms. The maximum absolute atomic E-state index is 12.2. The Morgan fingerprint density at radius 3 is 2.86 bits per heavy atom. The molecule has 1 aromatic carbocycles. The van der Waals surface area contributed by atoms with Gasteiger partial charge in [0.1, 0.15) is 0 Å². The lowest BCUT2D eigenvalue weighted by Crippen LogP contribution is -2.33. The first-order valence-corrected chi connectivity index (χ1v) is 8.26. The molecule has 3 unspecified atom stereocenters. The lowest BCUT2D eigenvalue weighted by molar-refractivity contribution is -0.121. The van der Waals surface area contributed by atoms with Crippen LogP contribution in [0.1, 0.15) is 55.6 Å². The second kappa shape index (κ2) is 6.61. The predicted octanol–water partition coefficient (Wildman–Crippen LogP) is 2.77. The quantitative estimate of drug-likeness (QED) is 0.894. The Bertz CT molecular complexity index is 500. The molecular weight excluding hydrogens is 262 g/mol. The van der Waals surface area contributed by atoms with E-state index >= 15 is 0 Å². The summed E-state index contributed by atoms with van der Waals surface area (Å²) in [5, 5.41) is 12.8. The summed E-state index contributed by atoms with van der Waals surface area (Å²) in [6.07, 6.45) is 6.79. The van der Waals surface area contributed by atoms with Gasteiger partial charge in [0.2, 0.25) is 5.91 Å². The molecular formula is C18H25NO2. The lowest BCUT2D eigenvalue weighted by Gasteiger charge is -2.25. The van der Waals surface area contributed by atoms with E-state index in [4.69, 9.17) is 0 Å². The second-order valence-electron chi connectivity index (χ2n) is 6.55. The van der Waals surface area contributed by atoms with Crippen LogP contribution in [0.3, 0.4) is 0 Å². The van der Waals surface area contributed by atoms with Crippen LogP contribution in [-0.2, 0) is 11.2 Å². The molecule has 0 bridgehead atoms. The highest BCUT2D eigenvalue weighted by Gasteiger charge is 2.26. The highest BCUT2D eigenvalue weighted by Crippen LogP contribution is 2.33. The van der Waals surface area contributed by atoms with Crippen LogP contribution in [0, 0.1) is 5.92 Å². The molecule has 1 fully saturated rings. The molecule has 0 saturated heterocycles. The molecule has 2 aliphatic rings. The van der Waals surface area contributed by atoms with E-state index in [0.29, 0.717) is 18.9 Å². The van der Waals surface area contributed by atoms with Crippen LogP contribution in [0.15, 0.2) is 24.3 Å². The first-order chi connectivity index (χ1) is 10.2. The highest BCUT2D eigenvalue weighted by molar-refractivity contribution is 5.77. The summed E-state index contributed by atoms with van der Waals surface area (Å²) in [7, 11) is 0. The summed E-state index contributed by atoms with van der Waals surface area (Å²) in [6.45, 7) is 0.633. The van der Waals surface area contributed by atoms with Crippen molar-refractivity contribution in [1.29, 1.82) is 0 Å². The molecule has 0 aliphatic heterocycles. The zero-order valence-corrected chi connectivity index (χ0v) is 12.6. The summed E-state index contributed by atoms with van der Waals surface area (Å²) in [6, 6.07) is 8.52. The fourth-order valence-electron chi connectivity index (χ4n) is 3.86. The minimum Gasteiger partial charge on any atom is -0.393 e. The molecule has 0 heterocycles. The van der Waals surface area contributed by atoms with E-state index in [1.54, 1.807) is 0 Å². The van der Waals surface area contributed by atoms with E-state index in [9.17, 15) is 9.90 Å². The molecule has 1 aromatic rings. The standard InChI is InChI=1S/C18H25NO2/c20-17-10-4-8-15(17)12-19-18(21)11-14-7-3-6-13-5-1-2-9-16(13)14/h1-2,5,9,14-15,17,20H,3-4,6-8,10-12H2,(H,19,21). The first kappa shape index (κ1) is 14.6. The zero-order chi connectivity index (χ0) is 14.7. The average Bonchev–Trinajstić information content (AvgIpc) is 2.91. The Morgan fingerprint density at radius 1 is 1.19 bits per heavy atom. The average molecular weight is 287 g/mol. The van der Waals surface area contributed by atoms with E-state index in [2.05, 4.69) is 29.6 Å². The number of aliphatic hydroxyl groups is 1. The summed E-state index contributed by atoms with van der Waals surface area (Å²) < 4.78 is 0. The third-order valence-corrected chi connectivity index (χ3v) is 5.11. The maximum atomic E-state index is 12.2. The van der Waals surface area contributed by atoms with Crippen molar-refractivity contribution < 1.29 is 9.90 Å². The summed E-state index contributed by atoms with van der Waals surface area (Å²) in [5.41, 5.74) is 2.77. The Balaban J connectivity index is 1.53. The van der Waals surface area contributed by atoms with Crippen molar-refractivity contribution in [1.82, 2.24) is 5.32 Å². The van der Waals surface area contributed by atoms with Crippen LogP contribution in [-0.4, -0.2) is 23.7 Å². The third-order valence-electron chi connectivity index (χ3n) is 5.11. The third kappa shape index (κ3) is 3.46. The Morgan fingerprint density at radius 2 is 2.05 bits per heavy atom. The number of amides is 1. The number of aryl methyl sites for hydroxylation is 1. The van der Waals surface area contributed by atoms with Crippen molar-refractivity contribution in [3.05, 3.63) is 35.4 Å². The van der Waals surface area contributed by atoms with Crippen LogP contribution in [0.5, 0.6) is 0 Å². The first-order valence-electron chi connectivity index (χ1n) is 8.26. The summed E-state index contributed by atoms with van der Waals surface area (Å²) >= 11 is 0. The number of nitrogens with one attached hydrogen (secondary N) is 1. The van der Waals surface area contributed by atoms with Crippen molar-refractivity contribution in [3.63, 3.8) is 0 Å². The van der Waals surface area contributed by atoms with Crippen LogP contribution >= 0.6 is 0 Å². The molecule has 114 valence electrons. The lowest BCUT2D eigenvalue weighted by atomic mass is 9.81. The van der Waals surface area contributed by atoms with Crippen molar-refractivity contribution in [2.75, 3.05) is 6.54 Å². The van der Waals surface area contributed by atoms with E-state index in [1.807, 2.05) is 0 Å². The van der Waals surface area contributed by atoms with E-state index in [0.717, 1.165) is 32.1 Å². The number of carbonyl (C=O) groups excluding carboxylic acids is 1. The largest absolute Gasteiger partial charge is 0.393 e. The van der Waals surface area contributed by atoms with Gasteiger partial charge in [-0.2, -0.15) is 0 Å². The van der Waals surface area contributed by atoms with Crippen molar-refractivity contribution in [2.24, 2.45) is 5.92 Å². The fraction of sp³-hybridized carbons (Fsp3) is 0.611. The molecule has 2 aliphatic carbocycles. The minimum absolute atomic E-state index is 0.135. The number of hydrogen-bond acceptors (Lipinski definition) is 2. The number of hydrogen-bond donors (Lipinski definition) is 2. The molecule has 21 heavy (non-hydrogen) atoms. The molecule has 3 heteroatoms. The van der Waals surface area contributed by atoms with Crippen molar-refractivity contribution in [2.45, 2.75) is 57.0 Å². The van der Waals surface area contributed by atoms with Gasteiger partial charge in [-0.05, 0) is 49.1 Å². The number of rotatable bonds is 4. The number of carbonyl (C=O) groups is 1. The smallest absolute Gasteiger partial charge is 0.220 e. The maximum Gasteiger partial charge on any atom is 0.220 e. The topological polar surface area (TPSA) is 49.3 Å². The molecule has 1 amide bonds. The highest BCUT2D eigenvalue weighted by atomic mass is 16.3. The molecule has 3 nitrogen and oxygen atoms in total. The second-order valence-corrected chi connectivity index (χ2v) is 6.55. The van der Waals surface area contributed by atoms with Gasteiger partial charge in [-0.25, -0.2) is 0 Å². The van der Waals surface area contributed by atoms with E-state index in [1.165, 1.54) is 17.5 Å². The SMILES string of the molecule is O=C(CC1CCCc2ccccc21)NCC1CCCC1O. The zero-order valence-electron chi connectivity index (χ0n) is 12.6. The van der Waals surface area contributed by atoms with Gasteiger partial charge in [0, 0.05) is 18.9 Å². The Kier molecular flexibility index (Phi) is 4.59. The van der Waals surface area contributed by atoms with Gasteiger partial charge in [-0.15, -0.1) is 0 Å². The van der Waals surface area contributed by atoms with Crippen LogP contribution in [0.25, 0.3) is 0 Å². The van der Waals surface area contributed by atoms with Gasteiger partial charge in [-0.3, -0.25) is 4.79 Å². The number of fused-ring (bicyclic) bond motifs is 1. The van der Waals surface area contributed by atoms with Crippen LogP contribution in [0.2, 0.25) is 0 Å². The van der Waals surface area contributed by atoms with Gasteiger partial charge in [0.25, 0.3) is 0 Å². The van der Waals surface area contributed by atoms with Gasteiger partial charge in [-0.1, -0.05) is 30.7 Å². The number of benzene rings is 1.